The minimum atomic E-state index is -1.12. The molecule has 3 atom stereocenters. The monoisotopic (exact) mass is 418 g/mol. The zero-order chi connectivity index (χ0) is 21.7. The van der Waals surface area contributed by atoms with Crippen LogP contribution < -0.4 is 27.8 Å². The maximum absolute atomic E-state index is 12.6. The molecular formula is C17H34N6O4S. The first-order valence-electron chi connectivity index (χ1n) is 9.21. The van der Waals surface area contributed by atoms with Crippen LogP contribution >= 0.6 is 11.8 Å². The molecule has 0 aliphatic rings. The quantitative estimate of drug-likeness (QED) is 0.120. The van der Waals surface area contributed by atoms with E-state index in [1.807, 2.05) is 20.1 Å². The third-order valence-corrected chi connectivity index (χ3v) is 4.51. The summed E-state index contributed by atoms with van der Waals surface area (Å²) in [6.07, 6.45) is 3.28. The molecule has 0 fully saturated rings. The molecule has 0 heterocycles. The molecule has 0 radical (unpaired) electrons. The van der Waals surface area contributed by atoms with Gasteiger partial charge in [0.2, 0.25) is 11.8 Å². The third-order valence-electron chi connectivity index (χ3n) is 3.87. The van der Waals surface area contributed by atoms with Crippen LogP contribution in [0.1, 0.15) is 39.5 Å². The summed E-state index contributed by atoms with van der Waals surface area (Å²) >= 11 is 1.48. The van der Waals surface area contributed by atoms with E-state index in [1.54, 1.807) is 0 Å². The van der Waals surface area contributed by atoms with Crippen molar-refractivity contribution >= 4 is 35.5 Å². The van der Waals surface area contributed by atoms with Gasteiger partial charge in [-0.2, -0.15) is 11.8 Å². The van der Waals surface area contributed by atoms with Gasteiger partial charge in [0.15, 0.2) is 5.96 Å². The van der Waals surface area contributed by atoms with Gasteiger partial charge in [-0.1, -0.05) is 13.8 Å². The number of nitrogens with one attached hydrogen (secondary N) is 2. The number of carbonyl (C=O) groups excluding carboxylic acids is 2. The molecule has 2 amide bonds. The van der Waals surface area contributed by atoms with Gasteiger partial charge in [-0.3, -0.25) is 14.6 Å². The Bertz CT molecular complexity index is 540. The third kappa shape index (κ3) is 11.7. The van der Waals surface area contributed by atoms with Gasteiger partial charge in [-0.25, -0.2) is 4.79 Å². The maximum atomic E-state index is 12.6. The van der Waals surface area contributed by atoms with Crippen LogP contribution in [0.4, 0.5) is 0 Å². The van der Waals surface area contributed by atoms with Gasteiger partial charge in [0, 0.05) is 6.54 Å². The lowest BCUT2D eigenvalue weighted by atomic mass is 10.0. The van der Waals surface area contributed by atoms with Crippen LogP contribution in [0.25, 0.3) is 0 Å². The zero-order valence-electron chi connectivity index (χ0n) is 16.8. The Balaban J connectivity index is 5.06. The number of nitrogens with zero attached hydrogens (tertiary/aromatic N) is 1. The highest BCUT2D eigenvalue weighted by Gasteiger charge is 2.27. The predicted octanol–water partition coefficient (Wildman–Crippen LogP) is -0.779. The molecular weight excluding hydrogens is 384 g/mol. The summed E-state index contributed by atoms with van der Waals surface area (Å²) in [6, 6.07) is -2.70. The Morgan fingerprint density at radius 2 is 1.68 bits per heavy atom. The molecule has 0 saturated heterocycles. The number of thioether (sulfide) groups is 1. The van der Waals surface area contributed by atoms with Crippen molar-refractivity contribution in [1.82, 2.24) is 10.6 Å². The molecule has 11 heteroatoms. The van der Waals surface area contributed by atoms with Crippen molar-refractivity contribution in [2.24, 2.45) is 28.1 Å². The van der Waals surface area contributed by atoms with Gasteiger partial charge in [0.25, 0.3) is 0 Å². The largest absolute Gasteiger partial charge is 0.480 e. The zero-order valence-corrected chi connectivity index (χ0v) is 17.6. The second-order valence-corrected chi connectivity index (χ2v) is 7.91. The molecule has 0 aliphatic carbocycles. The lowest BCUT2D eigenvalue weighted by Crippen LogP contribution is -2.54. The van der Waals surface area contributed by atoms with Gasteiger partial charge in [-0.15, -0.1) is 0 Å². The Hall–Kier alpha value is -2.01. The van der Waals surface area contributed by atoms with Gasteiger partial charge in [0.05, 0.1) is 6.04 Å². The van der Waals surface area contributed by atoms with Crippen LogP contribution in [0.3, 0.4) is 0 Å². The number of hydrogen-bond donors (Lipinski definition) is 6. The minimum absolute atomic E-state index is 0.0630. The molecule has 28 heavy (non-hydrogen) atoms. The number of carboxylic acid groups (broad SMARTS) is 1. The van der Waals surface area contributed by atoms with Gasteiger partial charge in [-0.05, 0) is 43.6 Å². The molecule has 9 N–H and O–H groups in total. The molecule has 0 aliphatic heterocycles. The summed E-state index contributed by atoms with van der Waals surface area (Å²) in [4.78, 5) is 40.1. The van der Waals surface area contributed by atoms with Crippen molar-refractivity contribution in [2.75, 3.05) is 18.6 Å². The minimum Gasteiger partial charge on any atom is -0.480 e. The number of nitrogens with two attached hydrogens (primary N) is 3. The molecule has 0 spiro atoms. The van der Waals surface area contributed by atoms with E-state index < -0.39 is 35.9 Å². The van der Waals surface area contributed by atoms with Crippen LogP contribution in [0.5, 0.6) is 0 Å². The predicted molar refractivity (Wildman–Crippen MR) is 112 cm³/mol. The number of guanidine groups is 1. The Labute approximate surface area is 170 Å². The van der Waals surface area contributed by atoms with E-state index in [2.05, 4.69) is 15.6 Å². The number of aliphatic imine (C=N–C) groups is 1. The summed E-state index contributed by atoms with van der Waals surface area (Å²) in [6.45, 7) is 4.17. The lowest BCUT2D eigenvalue weighted by molar-refractivity contribution is -0.142. The van der Waals surface area contributed by atoms with Crippen molar-refractivity contribution in [3.63, 3.8) is 0 Å². The summed E-state index contributed by atoms with van der Waals surface area (Å²) in [5.41, 5.74) is 16.4. The number of hydrogen-bond acceptors (Lipinski definition) is 6. The average molecular weight is 419 g/mol. The first kappa shape index (κ1) is 26.0. The first-order valence-corrected chi connectivity index (χ1v) is 10.6. The molecule has 0 aromatic rings. The van der Waals surface area contributed by atoms with E-state index in [9.17, 15) is 19.5 Å². The highest BCUT2D eigenvalue weighted by Crippen LogP contribution is 2.06. The second kappa shape index (κ2) is 14.1. The maximum Gasteiger partial charge on any atom is 0.326 e. The fourth-order valence-electron chi connectivity index (χ4n) is 2.43. The number of aliphatic carboxylic acids is 1. The van der Waals surface area contributed by atoms with Crippen molar-refractivity contribution < 1.29 is 19.5 Å². The topological polar surface area (TPSA) is 186 Å². The number of amides is 2. The molecule has 0 bridgehead atoms. The Morgan fingerprint density at radius 3 is 2.18 bits per heavy atom. The fraction of sp³-hybridized carbons (Fsp3) is 0.765. The van der Waals surface area contributed by atoms with Crippen LogP contribution in [-0.4, -0.2) is 65.5 Å². The standard InChI is InChI=1S/C17H34N6O4S/c1-10(2)9-11(18)14(24)22-12(5-4-7-21-17(19)20)15(25)23-13(16(26)27)6-8-28-3/h10-13H,4-9,18H2,1-3H3,(H,22,24)(H,23,25)(H,26,27)(H4,19,20,21)/t11-,12-,13-/m0/s1. The number of carbonyl (C=O) groups is 3. The van der Waals surface area contributed by atoms with E-state index in [-0.39, 0.29) is 31.3 Å². The van der Waals surface area contributed by atoms with Crippen LogP contribution in [0.15, 0.2) is 4.99 Å². The SMILES string of the molecule is CSCC[C@H](NC(=O)[C@H](CCCN=C(N)N)NC(=O)[C@@H](N)CC(C)C)C(=O)O. The summed E-state index contributed by atoms with van der Waals surface area (Å²) in [5.74, 6) is -1.40. The highest BCUT2D eigenvalue weighted by atomic mass is 32.2. The van der Waals surface area contributed by atoms with E-state index in [0.29, 0.717) is 18.6 Å². The summed E-state index contributed by atoms with van der Waals surface area (Å²) in [7, 11) is 0. The van der Waals surface area contributed by atoms with Crippen LogP contribution in [-0.2, 0) is 14.4 Å². The van der Waals surface area contributed by atoms with Crippen molar-refractivity contribution in [1.29, 1.82) is 0 Å². The molecule has 0 aromatic carbocycles. The molecule has 10 nitrogen and oxygen atoms in total. The van der Waals surface area contributed by atoms with E-state index >= 15 is 0 Å². The van der Waals surface area contributed by atoms with Gasteiger partial charge < -0.3 is 32.9 Å². The number of rotatable bonds is 14. The average Bonchev–Trinajstić information content (AvgIpc) is 2.59. The molecule has 0 saturated carbocycles. The Kier molecular flexibility index (Phi) is 13.0. The summed E-state index contributed by atoms with van der Waals surface area (Å²) < 4.78 is 0. The first-order chi connectivity index (χ1) is 13.1. The summed E-state index contributed by atoms with van der Waals surface area (Å²) in [5, 5.41) is 14.4. The molecule has 0 rings (SSSR count). The van der Waals surface area contributed by atoms with Crippen LogP contribution in [0, 0.1) is 5.92 Å². The Morgan fingerprint density at radius 1 is 1.07 bits per heavy atom. The number of carboxylic acids is 1. The van der Waals surface area contributed by atoms with E-state index in [0.717, 1.165) is 0 Å². The van der Waals surface area contributed by atoms with Crippen molar-refractivity contribution in [3.05, 3.63) is 0 Å². The molecule has 0 unspecified atom stereocenters. The smallest absolute Gasteiger partial charge is 0.326 e. The molecule has 162 valence electrons. The van der Waals surface area contributed by atoms with E-state index in [1.165, 1.54) is 11.8 Å². The normalized spacial score (nSPS) is 14.0. The highest BCUT2D eigenvalue weighted by molar-refractivity contribution is 7.98. The van der Waals surface area contributed by atoms with E-state index in [4.69, 9.17) is 17.2 Å². The molecule has 0 aromatic heterocycles. The second-order valence-electron chi connectivity index (χ2n) is 6.93. The van der Waals surface area contributed by atoms with Crippen molar-refractivity contribution in [3.8, 4) is 0 Å². The van der Waals surface area contributed by atoms with Gasteiger partial charge in [0.1, 0.15) is 12.1 Å². The van der Waals surface area contributed by atoms with Crippen molar-refractivity contribution in [2.45, 2.75) is 57.7 Å². The fourth-order valence-corrected chi connectivity index (χ4v) is 2.90. The van der Waals surface area contributed by atoms with Gasteiger partial charge >= 0.3 is 5.97 Å². The van der Waals surface area contributed by atoms with Crippen LogP contribution in [0.2, 0.25) is 0 Å². The lowest BCUT2D eigenvalue weighted by Gasteiger charge is -2.23.